The number of hydrogen-bond donors (Lipinski definition) is 0. The van der Waals surface area contributed by atoms with E-state index in [1.54, 1.807) is 48.5 Å². The molecule has 0 aliphatic carbocycles. The zero-order chi connectivity index (χ0) is 24.9. The Morgan fingerprint density at radius 2 is 1.24 bits per heavy atom. The molecule has 0 unspecified atom stereocenters. The SMILES string of the molecule is CC[Si](C#CC(OS(=O)(=O)C(F)(F)F)=C(c1ccc(C)cc1)c1ccc(C)cc1)(CC)CC. The highest BCUT2D eigenvalue weighted by Crippen LogP contribution is 2.33. The number of benzene rings is 2. The van der Waals surface area contributed by atoms with Gasteiger partial charge in [-0.25, -0.2) is 0 Å². The summed E-state index contributed by atoms with van der Waals surface area (Å²) < 4.78 is 68.6. The number of aryl methyl sites for hydroxylation is 2. The van der Waals surface area contributed by atoms with Crippen molar-refractivity contribution < 1.29 is 25.8 Å². The number of allylic oxidation sites excluding steroid dienone is 1. The lowest BCUT2D eigenvalue weighted by Crippen LogP contribution is -2.30. The molecule has 0 saturated carbocycles. The van der Waals surface area contributed by atoms with Gasteiger partial charge in [0.2, 0.25) is 5.76 Å². The highest BCUT2D eigenvalue weighted by atomic mass is 32.2. The van der Waals surface area contributed by atoms with Crippen molar-refractivity contribution in [3.63, 3.8) is 0 Å². The summed E-state index contributed by atoms with van der Waals surface area (Å²) in [5, 5.41) is 0. The van der Waals surface area contributed by atoms with E-state index in [4.69, 9.17) is 4.18 Å². The van der Waals surface area contributed by atoms with E-state index in [0.29, 0.717) is 11.1 Å². The third-order valence-electron chi connectivity index (χ3n) is 5.86. The van der Waals surface area contributed by atoms with E-state index in [1.165, 1.54) is 0 Å². The third-order valence-corrected chi connectivity index (χ3v) is 11.5. The van der Waals surface area contributed by atoms with Gasteiger partial charge in [0.1, 0.15) is 8.07 Å². The predicted octanol–water partition coefficient (Wildman–Crippen LogP) is 6.98. The van der Waals surface area contributed by atoms with Gasteiger partial charge in [-0.15, -0.1) is 5.54 Å². The zero-order valence-electron chi connectivity index (χ0n) is 19.5. The highest BCUT2D eigenvalue weighted by Gasteiger charge is 2.49. The first-order valence-corrected chi connectivity index (χ1v) is 14.8. The van der Waals surface area contributed by atoms with Crippen molar-refractivity contribution in [3.05, 3.63) is 76.5 Å². The van der Waals surface area contributed by atoms with E-state index in [2.05, 4.69) is 11.5 Å². The molecule has 0 heterocycles. The molecule has 0 atom stereocenters. The largest absolute Gasteiger partial charge is 0.534 e. The summed E-state index contributed by atoms with van der Waals surface area (Å²) in [6.07, 6.45) is 0. The van der Waals surface area contributed by atoms with Crippen LogP contribution in [0.25, 0.3) is 5.57 Å². The first-order chi connectivity index (χ1) is 15.4. The summed E-state index contributed by atoms with van der Waals surface area (Å²) in [6.45, 7) is 9.78. The Morgan fingerprint density at radius 3 is 1.58 bits per heavy atom. The summed E-state index contributed by atoms with van der Waals surface area (Å²) >= 11 is 0. The molecule has 2 aromatic rings. The van der Waals surface area contributed by atoms with Gasteiger partial charge in [-0.2, -0.15) is 21.6 Å². The summed E-state index contributed by atoms with van der Waals surface area (Å²) in [7, 11) is -8.03. The van der Waals surface area contributed by atoms with Crippen LogP contribution in [-0.2, 0) is 14.3 Å². The van der Waals surface area contributed by atoms with Crippen molar-refractivity contribution in [1.29, 1.82) is 0 Å². The average molecular weight is 495 g/mol. The van der Waals surface area contributed by atoms with Gasteiger partial charge < -0.3 is 4.18 Å². The van der Waals surface area contributed by atoms with Gasteiger partial charge in [0.15, 0.2) is 0 Å². The van der Waals surface area contributed by atoms with Crippen LogP contribution in [0.2, 0.25) is 18.1 Å². The van der Waals surface area contributed by atoms with Gasteiger partial charge in [0, 0.05) is 5.57 Å². The van der Waals surface area contributed by atoms with Gasteiger partial charge in [-0.1, -0.05) is 80.4 Å². The first kappa shape index (κ1) is 26.7. The van der Waals surface area contributed by atoms with Gasteiger partial charge in [-0.05, 0) is 49.0 Å². The maximum atomic E-state index is 13.3. The minimum atomic E-state index is -5.91. The molecule has 0 amide bonds. The topological polar surface area (TPSA) is 43.4 Å². The van der Waals surface area contributed by atoms with Crippen molar-refractivity contribution in [2.45, 2.75) is 58.3 Å². The molecule has 0 aliphatic heterocycles. The normalized spacial score (nSPS) is 12.0. The minimum absolute atomic E-state index is 0.210. The summed E-state index contributed by atoms with van der Waals surface area (Å²) in [5.41, 5.74) is 0.751. The van der Waals surface area contributed by atoms with E-state index >= 15 is 0 Å². The van der Waals surface area contributed by atoms with Gasteiger partial charge in [0.05, 0.1) is 0 Å². The van der Waals surface area contributed by atoms with E-state index in [-0.39, 0.29) is 5.57 Å². The standard InChI is InChI=1S/C25H29F3O3SSi/c1-6-33(7-2,8-3)18-17-23(31-32(29,30)25(26,27)28)24(21-13-9-19(4)10-14-21)22-15-11-20(5)12-16-22/h9-16H,6-8H2,1-5H3. The molecule has 0 fully saturated rings. The van der Waals surface area contributed by atoms with Gasteiger partial charge >= 0.3 is 15.6 Å². The van der Waals surface area contributed by atoms with E-state index in [9.17, 15) is 21.6 Å². The second kappa shape index (κ2) is 10.6. The van der Waals surface area contributed by atoms with Crippen LogP contribution in [0.5, 0.6) is 0 Å². The van der Waals surface area contributed by atoms with E-state index < -0.39 is 29.5 Å². The van der Waals surface area contributed by atoms with Crippen molar-refractivity contribution in [2.75, 3.05) is 0 Å². The first-order valence-electron chi connectivity index (χ1n) is 10.8. The number of rotatable bonds is 7. The van der Waals surface area contributed by atoms with Crippen molar-refractivity contribution >= 4 is 23.8 Å². The number of halogens is 3. The van der Waals surface area contributed by atoms with Crippen LogP contribution in [0.15, 0.2) is 54.3 Å². The minimum Gasteiger partial charge on any atom is -0.366 e. The zero-order valence-corrected chi connectivity index (χ0v) is 21.3. The van der Waals surface area contributed by atoms with Crippen LogP contribution in [0.1, 0.15) is 43.0 Å². The molecule has 33 heavy (non-hydrogen) atoms. The monoisotopic (exact) mass is 494 g/mol. The van der Waals surface area contributed by atoms with E-state index in [1.807, 2.05) is 34.6 Å². The lowest BCUT2D eigenvalue weighted by Gasteiger charge is -2.20. The maximum absolute atomic E-state index is 13.3. The smallest absolute Gasteiger partial charge is 0.366 e. The average Bonchev–Trinajstić information content (AvgIpc) is 2.76. The Labute approximate surface area is 195 Å². The molecule has 0 aromatic heterocycles. The molecule has 2 rings (SSSR count). The Morgan fingerprint density at radius 1 is 0.848 bits per heavy atom. The van der Waals surface area contributed by atoms with Crippen LogP contribution in [0.3, 0.4) is 0 Å². The Bertz CT molecular complexity index is 1090. The molecule has 178 valence electrons. The molecule has 0 aliphatic rings. The predicted molar refractivity (Wildman–Crippen MR) is 129 cm³/mol. The molecule has 0 saturated heterocycles. The molecule has 0 bridgehead atoms. The summed E-state index contributed by atoms with van der Waals surface area (Å²) in [4.78, 5) is 0. The van der Waals surface area contributed by atoms with Crippen LogP contribution < -0.4 is 0 Å². The third kappa shape index (κ3) is 6.52. The summed E-state index contributed by atoms with van der Waals surface area (Å²) in [6, 6.07) is 16.5. The fraction of sp³-hybridized carbons (Fsp3) is 0.360. The molecule has 0 N–H and O–H groups in total. The van der Waals surface area contributed by atoms with Crippen LogP contribution in [-0.4, -0.2) is 22.0 Å². The van der Waals surface area contributed by atoms with Crippen LogP contribution in [0.4, 0.5) is 13.2 Å². The van der Waals surface area contributed by atoms with E-state index in [0.717, 1.165) is 29.3 Å². The Hall–Kier alpha value is -2.50. The number of alkyl halides is 3. The quantitative estimate of drug-likeness (QED) is 0.137. The highest BCUT2D eigenvalue weighted by molar-refractivity contribution is 7.87. The molecule has 0 radical (unpaired) electrons. The lowest BCUT2D eigenvalue weighted by molar-refractivity contribution is -0.0518. The second-order valence-electron chi connectivity index (χ2n) is 8.01. The lowest BCUT2D eigenvalue weighted by atomic mass is 9.95. The fourth-order valence-electron chi connectivity index (χ4n) is 3.36. The van der Waals surface area contributed by atoms with Crippen molar-refractivity contribution in [2.24, 2.45) is 0 Å². The molecule has 3 nitrogen and oxygen atoms in total. The number of hydrogen-bond acceptors (Lipinski definition) is 3. The Balaban J connectivity index is 2.91. The van der Waals surface area contributed by atoms with Crippen molar-refractivity contribution in [3.8, 4) is 11.5 Å². The van der Waals surface area contributed by atoms with Crippen LogP contribution >= 0.6 is 0 Å². The van der Waals surface area contributed by atoms with Gasteiger partial charge in [0.25, 0.3) is 0 Å². The molecule has 8 heteroatoms. The van der Waals surface area contributed by atoms with Crippen LogP contribution in [0, 0.1) is 25.3 Å². The maximum Gasteiger partial charge on any atom is 0.534 e. The molecular weight excluding hydrogens is 465 g/mol. The molecule has 0 spiro atoms. The fourth-order valence-corrected chi connectivity index (χ4v) is 6.20. The molecular formula is C25H29F3O3SSi. The second-order valence-corrected chi connectivity index (χ2v) is 14.5. The summed E-state index contributed by atoms with van der Waals surface area (Å²) in [5.74, 6) is 2.25. The molecule has 2 aromatic carbocycles. The van der Waals surface area contributed by atoms with Gasteiger partial charge in [-0.3, -0.25) is 0 Å². The Kier molecular flexibility index (Phi) is 8.61. The van der Waals surface area contributed by atoms with Crippen molar-refractivity contribution in [1.82, 2.24) is 0 Å².